The lowest BCUT2D eigenvalue weighted by molar-refractivity contribution is 0.314. The first kappa shape index (κ1) is 5.87. The molecule has 0 aliphatic rings. The molecular weight excluding hydrogens is 122 g/mol. The van der Waals surface area contributed by atoms with Gasteiger partial charge in [0.25, 0.3) is 0 Å². The zero-order valence-corrected chi connectivity index (χ0v) is 4.97. The molecule has 0 atom stereocenters. The molecule has 1 aromatic heterocycles. The van der Waals surface area contributed by atoms with Crippen LogP contribution in [0.1, 0.15) is 6.92 Å². The van der Waals surface area contributed by atoms with E-state index in [0.717, 1.165) is 0 Å². The summed E-state index contributed by atoms with van der Waals surface area (Å²) in [6.45, 7) is 2.31. The third-order valence-corrected chi connectivity index (χ3v) is 0.761. The maximum Gasteiger partial charge on any atom is 0.343 e. The number of H-pyrrole nitrogens is 2. The SMILES string of the molecule is CCOc1n[nH]c(=O)[nH]1. The van der Waals surface area contributed by atoms with Gasteiger partial charge in [-0.2, -0.15) is 0 Å². The minimum Gasteiger partial charge on any atom is -0.464 e. The van der Waals surface area contributed by atoms with E-state index in [4.69, 9.17) is 4.74 Å². The van der Waals surface area contributed by atoms with E-state index < -0.39 is 0 Å². The quantitative estimate of drug-likeness (QED) is 0.565. The van der Waals surface area contributed by atoms with Crippen LogP contribution in [0, 0.1) is 0 Å². The van der Waals surface area contributed by atoms with Crippen LogP contribution < -0.4 is 10.4 Å². The highest BCUT2D eigenvalue weighted by atomic mass is 16.5. The number of ether oxygens (including phenoxy) is 1. The summed E-state index contributed by atoms with van der Waals surface area (Å²) in [5.41, 5.74) is -0.349. The van der Waals surface area contributed by atoms with Crippen molar-refractivity contribution in [1.82, 2.24) is 15.2 Å². The van der Waals surface area contributed by atoms with Crippen LogP contribution in [-0.4, -0.2) is 21.8 Å². The van der Waals surface area contributed by atoms with Crippen molar-refractivity contribution in [3.63, 3.8) is 0 Å². The van der Waals surface area contributed by atoms with Crippen molar-refractivity contribution in [3.8, 4) is 6.01 Å². The van der Waals surface area contributed by atoms with E-state index in [9.17, 15) is 4.79 Å². The maximum absolute atomic E-state index is 10.3. The predicted molar refractivity (Wildman–Crippen MR) is 30.4 cm³/mol. The Labute approximate surface area is 51.1 Å². The van der Waals surface area contributed by atoms with Crippen LogP contribution in [0.3, 0.4) is 0 Å². The van der Waals surface area contributed by atoms with E-state index in [0.29, 0.717) is 6.61 Å². The normalized spacial score (nSPS) is 9.44. The Morgan fingerprint density at radius 2 is 2.56 bits per heavy atom. The van der Waals surface area contributed by atoms with Crippen LogP contribution in [0.5, 0.6) is 6.01 Å². The van der Waals surface area contributed by atoms with Crippen molar-refractivity contribution >= 4 is 0 Å². The number of nitrogens with one attached hydrogen (secondary N) is 2. The number of hydrogen-bond donors (Lipinski definition) is 2. The average molecular weight is 129 g/mol. The minimum absolute atomic E-state index is 0.238. The second-order valence-electron chi connectivity index (χ2n) is 1.42. The molecule has 5 nitrogen and oxygen atoms in total. The molecule has 0 aliphatic carbocycles. The van der Waals surface area contributed by atoms with Crippen LogP contribution >= 0.6 is 0 Å². The fourth-order valence-electron chi connectivity index (χ4n) is 0.460. The van der Waals surface area contributed by atoms with Gasteiger partial charge < -0.3 is 4.74 Å². The van der Waals surface area contributed by atoms with Crippen LogP contribution in [0.4, 0.5) is 0 Å². The van der Waals surface area contributed by atoms with Gasteiger partial charge in [-0.1, -0.05) is 0 Å². The van der Waals surface area contributed by atoms with Crippen LogP contribution in [0.15, 0.2) is 4.79 Å². The molecule has 0 aliphatic heterocycles. The Kier molecular flexibility index (Phi) is 1.53. The van der Waals surface area contributed by atoms with Gasteiger partial charge in [0.05, 0.1) is 6.61 Å². The molecule has 1 rings (SSSR count). The Morgan fingerprint density at radius 1 is 1.78 bits per heavy atom. The molecule has 5 heteroatoms. The van der Waals surface area contributed by atoms with Crippen LogP contribution in [-0.2, 0) is 0 Å². The molecule has 0 bridgehead atoms. The monoisotopic (exact) mass is 129 g/mol. The number of nitrogens with zero attached hydrogens (tertiary/aromatic N) is 1. The molecule has 0 fully saturated rings. The van der Waals surface area contributed by atoms with Crippen molar-refractivity contribution in [2.75, 3.05) is 6.61 Å². The number of hydrogen-bond acceptors (Lipinski definition) is 3. The number of rotatable bonds is 2. The first-order valence-corrected chi connectivity index (χ1v) is 2.60. The van der Waals surface area contributed by atoms with Gasteiger partial charge >= 0.3 is 11.7 Å². The highest BCUT2D eigenvalue weighted by molar-refractivity contribution is 4.85. The molecule has 9 heavy (non-hydrogen) atoms. The van der Waals surface area contributed by atoms with Crippen molar-refractivity contribution in [2.45, 2.75) is 6.92 Å². The standard InChI is InChI=1S/C4H7N3O2/c1-2-9-4-5-3(8)6-7-4/h2H2,1H3,(H2,5,6,7,8). The number of aromatic amines is 2. The van der Waals surface area contributed by atoms with E-state index in [-0.39, 0.29) is 11.7 Å². The molecular formula is C4H7N3O2. The Bertz CT molecular complexity index is 226. The molecule has 0 unspecified atom stereocenters. The molecule has 2 N–H and O–H groups in total. The largest absolute Gasteiger partial charge is 0.464 e. The third kappa shape index (κ3) is 1.31. The molecule has 0 aromatic carbocycles. The third-order valence-electron chi connectivity index (χ3n) is 0.761. The van der Waals surface area contributed by atoms with Gasteiger partial charge in [-0.15, -0.1) is 5.10 Å². The smallest absolute Gasteiger partial charge is 0.343 e. The zero-order valence-electron chi connectivity index (χ0n) is 4.97. The van der Waals surface area contributed by atoms with Gasteiger partial charge in [0, 0.05) is 0 Å². The van der Waals surface area contributed by atoms with Crippen LogP contribution in [0.25, 0.3) is 0 Å². The zero-order chi connectivity index (χ0) is 6.69. The van der Waals surface area contributed by atoms with Crippen molar-refractivity contribution in [1.29, 1.82) is 0 Å². The van der Waals surface area contributed by atoms with Gasteiger partial charge in [0.15, 0.2) is 0 Å². The van der Waals surface area contributed by atoms with Crippen molar-refractivity contribution in [2.24, 2.45) is 0 Å². The molecule has 0 spiro atoms. The summed E-state index contributed by atoms with van der Waals surface area (Å²) in [6, 6.07) is 0.238. The summed E-state index contributed by atoms with van der Waals surface area (Å²) in [5, 5.41) is 5.66. The first-order valence-electron chi connectivity index (χ1n) is 2.60. The molecule has 0 amide bonds. The lowest BCUT2D eigenvalue weighted by Crippen LogP contribution is -2.01. The summed E-state index contributed by atoms with van der Waals surface area (Å²) >= 11 is 0. The lowest BCUT2D eigenvalue weighted by atomic mass is 10.9. The summed E-state index contributed by atoms with van der Waals surface area (Å²) in [7, 11) is 0. The van der Waals surface area contributed by atoms with E-state index >= 15 is 0 Å². The fourth-order valence-corrected chi connectivity index (χ4v) is 0.460. The Morgan fingerprint density at radius 3 is 3.00 bits per heavy atom. The minimum atomic E-state index is -0.349. The van der Waals surface area contributed by atoms with E-state index in [1.54, 1.807) is 0 Å². The highest BCUT2D eigenvalue weighted by Gasteiger charge is 1.93. The topological polar surface area (TPSA) is 70.8 Å². The summed E-state index contributed by atoms with van der Waals surface area (Å²) < 4.78 is 4.83. The molecule has 1 heterocycles. The average Bonchev–Trinajstić information content (AvgIpc) is 2.17. The second kappa shape index (κ2) is 2.34. The summed E-state index contributed by atoms with van der Waals surface area (Å²) in [6.07, 6.45) is 0. The predicted octanol–water partition coefficient (Wildman–Crippen LogP) is -0.503. The van der Waals surface area contributed by atoms with Gasteiger partial charge in [0.2, 0.25) is 0 Å². The fraction of sp³-hybridized carbons (Fsp3) is 0.500. The maximum atomic E-state index is 10.3. The van der Waals surface area contributed by atoms with Crippen molar-refractivity contribution in [3.05, 3.63) is 10.5 Å². The molecule has 1 aromatic rings. The lowest BCUT2D eigenvalue weighted by Gasteiger charge is -1.91. The van der Waals surface area contributed by atoms with E-state index in [1.807, 2.05) is 6.92 Å². The molecule has 0 saturated carbocycles. The van der Waals surface area contributed by atoms with Crippen molar-refractivity contribution < 1.29 is 4.74 Å². The van der Waals surface area contributed by atoms with Gasteiger partial charge in [-0.3, -0.25) is 4.98 Å². The van der Waals surface area contributed by atoms with E-state index in [1.165, 1.54) is 0 Å². The second-order valence-corrected chi connectivity index (χ2v) is 1.42. The van der Waals surface area contributed by atoms with Gasteiger partial charge in [-0.25, -0.2) is 9.89 Å². The Hall–Kier alpha value is -1.26. The highest BCUT2D eigenvalue weighted by Crippen LogP contribution is 1.90. The summed E-state index contributed by atoms with van der Waals surface area (Å²) in [5.74, 6) is 0. The Balaban J connectivity index is 2.73. The van der Waals surface area contributed by atoms with Gasteiger partial charge in [0.1, 0.15) is 0 Å². The first-order chi connectivity index (χ1) is 4.33. The molecule has 0 radical (unpaired) electrons. The van der Waals surface area contributed by atoms with Gasteiger partial charge in [-0.05, 0) is 6.92 Å². The molecule has 0 saturated heterocycles. The summed E-state index contributed by atoms with van der Waals surface area (Å²) in [4.78, 5) is 12.6. The molecule has 50 valence electrons. The number of aromatic nitrogens is 3. The van der Waals surface area contributed by atoms with Crippen LogP contribution in [0.2, 0.25) is 0 Å². The van der Waals surface area contributed by atoms with E-state index in [2.05, 4.69) is 15.2 Å².